The van der Waals surface area contributed by atoms with Gasteiger partial charge in [0.15, 0.2) is 0 Å². The molecule has 1 aliphatic carbocycles. The highest BCUT2D eigenvalue weighted by Gasteiger charge is 2.45. The Bertz CT molecular complexity index is 497. The molecule has 1 N–H and O–H groups in total. The summed E-state index contributed by atoms with van der Waals surface area (Å²) in [7, 11) is 1.89. The van der Waals surface area contributed by atoms with E-state index in [9.17, 15) is 5.11 Å². The monoisotopic (exact) mass is 188 g/mol. The summed E-state index contributed by atoms with van der Waals surface area (Å²) in [6, 6.07) is 7.95. The molecule has 0 atom stereocenters. The molecule has 14 heavy (non-hydrogen) atoms. The molecule has 1 aromatic carbocycles. The number of aliphatic hydroxyl groups is 1. The van der Waals surface area contributed by atoms with Crippen LogP contribution >= 0.6 is 0 Å². The van der Waals surface area contributed by atoms with Crippen LogP contribution in [0.1, 0.15) is 18.5 Å². The van der Waals surface area contributed by atoms with Gasteiger partial charge in [0, 0.05) is 12.4 Å². The van der Waals surface area contributed by atoms with Gasteiger partial charge in [-0.15, -0.1) is 0 Å². The Balaban J connectivity index is 2.36. The van der Waals surface area contributed by atoms with E-state index >= 15 is 0 Å². The number of hydrogen-bond acceptors (Lipinski definition) is 2. The zero-order valence-corrected chi connectivity index (χ0v) is 8.07. The fourth-order valence-corrected chi connectivity index (χ4v) is 2.05. The van der Waals surface area contributed by atoms with Crippen molar-refractivity contribution >= 4 is 10.9 Å². The van der Waals surface area contributed by atoms with Crippen LogP contribution in [0.2, 0.25) is 0 Å². The summed E-state index contributed by atoms with van der Waals surface area (Å²) >= 11 is 0. The Kier molecular flexibility index (Phi) is 1.35. The molecule has 0 spiro atoms. The molecule has 1 saturated carbocycles. The smallest absolute Gasteiger partial charge is 0.107 e. The van der Waals surface area contributed by atoms with Gasteiger partial charge in [0.1, 0.15) is 5.60 Å². The first-order valence-electron chi connectivity index (χ1n) is 4.85. The van der Waals surface area contributed by atoms with Gasteiger partial charge in [-0.3, -0.25) is 4.68 Å². The van der Waals surface area contributed by atoms with E-state index in [1.807, 2.05) is 31.3 Å². The van der Waals surface area contributed by atoms with E-state index in [0.717, 1.165) is 29.4 Å². The topological polar surface area (TPSA) is 38.0 Å². The quantitative estimate of drug-likeness (QED) is 0.737. The molecule has 1 heterocycles. The van der Waals surface area contributed by atoms with E-state index in [1.54, 1.807) is 4.68 Å². The van der Waals surface area contributed by atoms with Crippen LogP contribution in [0.15, 0.2) is 24.3 Å². The fourth-order valence-electron chi connectivity index (χ4n) is 2.05. The highest BCUT2D eigenvalue weighted by Crippen LogP contribution is 2.47. The van der Waals surface area contributed by atoms with E-state index in [4.69, 9.17) is 0 Å². The number of nitrogens with zero attached hydrogens (tertiary/aromatic N) is 2. The molecule has 2 aromatic rings. The predicted octanol–water partition coefficient (Wildman–Crippen LogP) is 1.55. The van der Waals surface area contributed by atoms with E-state index < -0.39 is 5.60 Å². The maximum Gasteiger partial charge on any atom is 0.107 e. The van der Waals surface area contributed by atoms with Crippen molar-refractivity contribution in [3.05, 3.63) is 30.0 Å². The maximum atomic E-state index is 10.1. The van der Waals surface area contributed by atoms with Crippen molar-refractivity contribution in [2.24, 2.45) is 7.05 Å². The number of aromatic nitrogens is 2. The summed E-state index contributed by atoms with van der Waals surface area (Å²) in [4.78, 5) is 0. The molecular weight excluding hydrogens is 176 g/mol. The first kappa shape index (κ1) is 8.00. The maximum absolute atomic E-state index is 10.1. The first-order valence-corrected chi connectivity index (χ1v) is 4.85. The summed E-state index contributed by atoms with van der Waals surface area (Å²) in [5.41, 5.74) is 1.32. The number of benzene rings is 1. The molecule has 3 nitrogen and oxygen atoms in total. The van der Waals surface area contributed by atoms with Gasteiger partial charge in [0.25, 0.3) is 0 Å². The van der Waals surface area contributed by atoms with E-state index in [0.29, 0.717) is 0 Å². The van der Waals surface area contributed by atoms with Gasteiger partial charge < -0.3 is 5.11 Å². The van der Waals surface area contributed by atoms with Crippen molar-refractivity contribution in [1.29, 1.82) is 0 Å². The molecule has 0 amide bonds. The van der Waals surface area contributed by atoms with Gasteiger partial charge in [0.05, 0.1) is 11.2 Å². The summed E-state index contributed by atoms with van der Waals surface area (Å²) < 4.78 is 1.80. The van der Waals surface area contributed by atoms with Gasteiger partial charge in [-0.05, 0) is 18.9 Å². The van der Waals surface area contributed by atoms with Crippen LogP contribution in [0.5, 0.6) is 0 Å². The minimum absolute atomic E-state index is 0.606. The lowest BCUT2D eigenvalue weighted by Gasteiger charge is -2.08. The zero-order valence-electron chi connectivity index (χ0n) is 8.07. The molecule has 0 saturated heterocycles. The Morgan fingerprint density at radius 3 is 2.79 bits per heavy atom. The molecule has 3 heteroatoms. The molecule has 0 aliphatic heterocycles. The lowest BCUT2D eigenvalue weighted by Crippen LogP contribution is -2.11. The Morgan fingerprint density at radius 2 is 2.07 bits per heavy atom. The second kappa shape index (κ2) is 2.36. The molecular formula is C11H12N2O. The summed E-state index contributed by atoms with van der Waals surface area (Å²) in [5, 5.41) is 15.6. The first-order chi connectivity index (χ1) is 6.71. The van der Waals surface area contributed by atoms with E-state index in [1.165, 1.54) is 0 Å². The van der Waals surface area contributed by atoms with Crippen LogP contribution in [-0.2, 0) is 12.6 Å². The Labute approximate surface area is 82.0 Å². The lowest BCUT2D eigenvalue weighted by molar-refractivity contribution is 0.143. The minimum Gasteiger partial charge on any atom is -0.384 e. The average molecular weight is 188 g/mol. The van der Waals surface area contributed by atoms with Gasteiger partial charge >= 0.3 is 0 Å². The molecule has 1 aromatic heterocycles. The number of aryl methyl sites for hydroxylation is 1. The molecule has 0 unspecified atom stereocenters. The van der Waals surface area contributed by atoms with Crippen LogP contribution in [0.25, 0.3) is 10.9 Å². The van der Waals surface area contributed by atoms with E-state index in [-0.39, 0.29) is 0 Å². The van der Waals surface area contributed by atoms with Gasteiger partial charge in [-0.2, -0.15) is 5.10 Å². The lowest BCUT2D eigenvalue weighted by atomic mass is 10.1. The number of fused-ring (bicyclic) bond motifs is 1. The Hall–Kier alpha value is -1.35. The average Bonchev–Trinajstić information content (AvgIpc) is 2.79. The summed E-state index contributed by atoms with van der Waals surface area (Å²) in [5.74, 6) is 0. The van der Waals surface area contributed by atoms with Gasteiger partial charge in [-0.1, -0.05) is 18.2 Å². The third-order valence-electron chi connectivity index (χ3n) is 2.90. The fraction of sp³-hybridized carbons (Fsp3) is 0.364. The second-order valence-corrected chi connectivity index (χ2v) is 4.02. The van der Waals surface area contributed by atoms with Crippen LogP contribution < -0.4 is 0 Å². The SMILES string of the molecule is Cn1nc2ccccc2c1C1(O)CC1. The van der Waals surface area contributed by atoms with Gasteiger partial charge in [-0.25, -0.2) is 0 Å². The van der Waals surface area contributed by atoms with Crippen molar-refractivity contribution in [3.8, 4) is 0 Å². The van der Waals surface area contributed by atoms with Crippen LogP contribution in [0.4, 0.5) is 0 Å². The molecule has 1 fully saturated rings. The van der Waals surface area contributed by atoms with Crippen molar-refractivity contribution in [3.63, 3.8) is 0 Å². The van der Waals surface area contributed by atoms with Crippen molar-refractivity contribution in [2.75, 3.05) is 0 Å². The number of rotatable bonds is 1. The molecule has 0 bridgehead atoms. The number of hydrogen-bond donors (Lipinski definition) is 1. The summed E-state index contributed by atoms with van der Waals surface area (Å²) in [6.07, 6.45) is 1.72. The standard InChI is InChI=1S/C11H12N2O/c1-13-10(11(14)6-7-11)8-4-2-3-5-9(8)12-13/h2-5,14H,6-7H2,1H3. The molecule has 0 radical (unpaired) electrons. The highest BCUT2D eigenvalue weighted by molar-refractivity contribution is 5.82. The summed E-state index contributed by atoms with van der Waals surface area (Å²) in [6.45, 7) is 0. The van der Waals surface area contributed by atoms with Crippen LogP contribution in [-0.4, -0.2) is 14.9 Å². The van der Waals surface area contributed by atoms with E-state index in [2.05, 4.69) is 5.10 Å². The normalized spacial score (nSPS) is 18.7. The minimum atomic E-state index is -0.606. The Morgan fingerprint density at radius 1 is 1.36 bits per heavy atom. The zero-order chi connectivity index (χ0) is 9.76. The highest BCUT2D eigenvalue weighted by atomic mass is 16.3. The van der Waals surface area contributed by atoms with Gasteiger partial charge in [0.2, 0.25) is 0 Å². The molecule has 72 valence electrons. The molecule has 3 rings (SSSR count). The van der Waals surface area contributed by atoms with Crippen molar-refractivity contribution < 1.29 is 5.11 Å². The third kappa shape index (κ3) is 0.930. The predicted molar refractivity (Wildman–Crippen MR) is 53.8 cm³/mol. The second-order valence-electron chi connectivity index (χ2n) is 4.02. The van der Waals surface area contributed by atoms with Crippen LogP contribution in [0, 0.1) is 0 Å². The largest absolute Gasteiger partial charge is 0.384 e. The van der Waals surface area contributed by atoms with Crippen LogP contribution in [0.3, 0.4) is 0 Å². The molecule has 1 aliphatic rings. The third-order valence-corrected chi connectivity index (χ3v) is 2.90. The van der Waals surface area contributed by atoms with Crippen molar-refractivity contribution in [1.82, 2.24) is 9.78 Å². The van der Waals surface area contributed by atoms with Crippen molar-refractivity contribution in [2.45, 2.75) is 18.4 Å².